The number of amides is 2. The van der Waals surface area contributed by atoms with E-state index in [2.05, 4.69) is 25.3 Å². The highest BCUT2D eigenvalue weighted by Gasteiger charge is 2.25. The third-order valence-electron chi connectivity index (χ3n) is 5.42. The SMILES string of the molecule is NC(=O)CCN(C(=O)CN1CCN(c2nnnn2-c2ccccc2)CC1)c1ccccc1. The van der Waals surface area contributed by atoms with E-state index in [1.807, 2.05) is 60.7 Å². The zero-order valence-electron chi connectivity index (χ0n) is 17.7. The maximum Gasteiger partial charge on any atom is 0.250 e. The van der Waals surface area contributed by atoms with Crippen molar-refractivity contribution < 1.29 is 9.59 Å². The predicted molar refractivity (Wildman–Crippen MR) is 120 cm³/mol. The number of nitrogens with two attached hydrogens (primary N) is 1. The van der Waals surface area contributed by atoms with Gasteiger partial charge in [0.1, 0.15) is 0 Å². The van der Waals surface area contributed by atoms with E-state index in [9.17, 15) is 9.59 Å². The van der Waals surface area contributed by atoms with Crippen LogP contribution in [0, 0.1) is 0 Å². The quantitative estimate of drug-likeness (QED) is 0.555. The molecule has 0 unspecified atom stereocenters. The highest BCUT2D eigenvalue weighted by molar-refractivity contribution is 5.95. The first-order valence-electron chi connectivity index (χ1n) is 10.6. The Kier molecular flexibility index (Phi) is 6.71. The molecule has 4 rings (SSSR count). The number of benzene rings is 2. The number of rotatable bonds is 8. The van der Waals surface area contributed by atoms with Gasteiger partial charge >= 0.3 is 0 Å². The van der Waals surface area contributed by atoms with Gasteiger partial charge in [-0.1, -0.05) is 41.5 Å². The van der Waals surface area contributed by atoms with Crippen LogP contribution in [0.1, 0.15) is 6.42 Å². The molecule has 1 aliphatic heterocycles. The number of nitrogens with zero attached hydrogens (tertiary/aromatic N) is 7. The Balaban J connectivity index is 1.38. The second-order valence-electron chi connectivity index (χ2n) is 7.59. The van der Waals surface area contributed by atoms with Crippen LogP contribution < -0.4 is 15.5 Å². The minimum absolute atomic E-state index is 0.0555. The number of aromatic nitrogens is 4. The first kappa shape index (κ1) is 21.4. The van der Waals surface area contributed by atoms with Crippen molar-refractivity contribution in [1.82, 2.24) is 25.1 Å². The Bertz CT molecular complexity index is 1030. The molecule has 10 nitrogen and oxygen atoms in total. The summed E-state index contributed by atoms with van der Waals surface area (Å²) in [7, 11) is 0. The molecule has 0 radical (unpaired) electrons. The highest BCUT2D eigenvalue weighted by atomic mass is 16.2. The van der Waals surface area contributed by atoms with Gasteiger partial charge in [-0.05, 0) is 34.7 Å². The van der Waals surface area contributed by atoms with Crippen molar-refractivity contribution in [3.63, 3.8) is 0 Å². The molecule has 2 amide bonds. The van der Waals surface area contributed by atoms with Crippen LogP contribution in [0.3, 0.4) is 0 Å². The molecule has 1 aromatic heterocycles. The fourth-order valence-corrected chi connectivity index (χ4v) is 3.73. The molecule has 10 heteroatoms. The van der Waals surface area contributed by atoms with E-state index in [0.29, 0.717) is 32.1 Å². The lowest BCUT2D eigenvalue weighted by Crippen LogP contribution is -2.51. The topological polar surface area (TPSA) is 113 Å². The number of para-hydroxylation sites is 2. The normalized spacial score (nSPS) is 14.3. The van der Waals surface area contributed by atoms with Crippen LogP contribution in [0.25, 0.3) is 5.69 Å². The molecule has 0 aliphatic carbocycles. The van der Waals surface area contributed by atoms with Crippen molar-refractivity contribution in [2.75, 3.05) is 49.1 Å². The fourth-order valence-electron chi connectivity index (χ4n) is 3.73. The number of piperazine rings is 1. The van der Waals surface area contributed by atoms with Crippen molar-refractivity contribution in [2.45, 2.75) is 6.42 Å². The van der Waals surface area contributed by atoms with Gasteiger partial charge in [-0.25, -0.2) is 0 Å². The fraction of sp³-hybridized carbons (Fsp3) is 0.318. The maximum absolute atomic E-state index is 13.1. The average Bonchev–Trinajstić information content (AvgIpc) is 3.31. The van der Waals surface area contributed by atoms with Gasteiger partial charge in [0, 0.05) is 44.8 Å². The summed E-state index contributed by atoms with van der Waals surface area (Å²) in [6, 6.07) is 19.1. The molecule has 1 aliphatic rings. The predicted octanol–water partition coefficient (Wildman–Crippen LogP) is 0.693. The number of hydrogen-bond acceptors (Lipinski definition) is 7. The van der Waals surface area contributed by atoms with Crippen molar-refractivity contribution >= 4 is 23.5 Å². The summed E-state index contributed by atoms with van der Waals surface area (Å²) in [5.74, 6) is 0.207. The molecule has 166 valence electrons. The number of tetrazole rings is 1. The third kappa shape index (κ3) is 5.09. The van der Waals surface area contributed by atoms with Gasteiger partial charge in [0.05, 0.1) is 12.2 Å². The molecule has 1 fully saturated rings. The van der Waals surface area contributed by atoms with Crippen LogP contribution in [-0.2, 0) is 9.59 Å². The number of carbonyl (C=O) groups is 2. The molecule has 0 spiro atoms. The van der Waals surface area contributed by atoms with Crippen molar-refractivity contribution in [2.24, 2.45) is 5.73 Å². The van der Waals surface area contributed by atoms with Crippen molar-refractivity contribution in [3.05, 3.63) is 60.7 Å². The molecule has 2 aromatic carbocycles. The molecule has 1 saturated heterocycles. The molecule has 0 saturated carbocycles. The molecule has 0 atom stereocenters. The molecule has 0 bridgehead atoms. The lowest BCUT2D eigenvalue weighted by atomic mass is 10.2. The van der Waals surface area contributed by atoms with E-state index >= 15 is 0 Å². The van der Waals surface area contributed by atoms with Crippen LogP contribution in [0.4, 0.5) is 11.6 Å². The second-order valence-corrected chi connectivity index (χ2v) is 7.59. The third-order valence-corrected chi connectivity index (χ3v) is 5.42. The van der Waals surface area contributed by atoms with Crippen LogP contribution >= 0.6 is 0 Å². The van der Waals surface area contributed by atoms with Crippen LogP contribution in [0.15, 0.2) is 60.7 Å². The van der Waals surface area contributed by atoms with Gasteiger partial charge < -0.3 is 15.5 Å². The summed E-state index contributed by atoms with van der Waals surface area (Å²) in [4.78, 5) is 30.2. The Labute approximate surface area is 186 Å². The minimum Gasteiger partial charge on any atom is -0.370 e. The first-order valence-corrected chi connectivity index (χ1v) is 10.6. The largest absolute Gasteiger partial charge is 0.370 e. The lowest BCUT2D eigenvalue weighted by molar-refractivity contribution is -0.120. The molecule has 2 N–H and O–H groups in total. The van der Waals surface area contributed by atoms with Gasteiger partial charge in [0.25, 0.3) is 0 Å². The summed E-state index contributed by atoms with van der Waals surface area (Å²) in [6.45, 7) is 3.34. The van der Waals surface area contributed by atoms with E-state index in [1.165, 1.54) is 0 Å². The molecular weight excluding hydrogens is 408 g/mol. The number of anilines is 2. The average molecular weight is 435 g/mol. The smallest absolute Gasteiger partial charge is 0.250 e. The van der Waals surface area contributed by atoms with Gasteiger partial charge in [0.15, 0.2) is 0 Å². The van der Waals surface area contributed by atoms with E-state index in [1.54, 1.807) is 9.58 Å². The van der Waals surface area contributed by atoms with Crippen molar-refractivity contribution in [3.8, 4) is 5.69 Å². The number of primary amides is 1. The number of hydrogen-bond donors (Lipinski definition) is 1. The summed E-state index contributed by atoms with van der Waals surface area (Å²) in [6.07, 6.45) is 0.122. The van der Waals surface area contributed by atoms with Gasteiger partial charge in [0.2, 0.25) is 17.8 Å². The first-order chi connectivity index (χ1) is 15.6. The Hall–Kier alpha value is -3.79. The van der Waals surface area contributed by atoms with Gasteiger partial charge in [-0.15, -0.1) is 0 Å². The Morgan fingerprint density at radius 2 is 1.59 bits per heavy atom. The summed E-state index contributed by atoms with van der Waals surface area (Å²) in [5.41, 5.74) is 6.97. The molecule has 2 heterocycles. The second kappa shape index (κ2) is 10.0. The summed E-state index contributed by atoms with van der Waals surface area (Å²) < 4.78 is 1.72. The standard InChI is InChI=1S/C22H26N8O2/c23-20(31)11-12-29(18-7-3-1-4-8-18)21(32)17-27-13-15-28(16-14-27)22-24-25-26-30(22)19-9-5-2-6-10-19/h1-10H,11-17H2,(H2,23,31). The highest BCUT2D eigenvalue weighted by Crippen LogP contribution is 2.18. The van der Waals surface area contributed by atoms with Crippen LogP contribution in [0.2, 0.25) is 0 Å². The number of carbonyl (C=O) groups excluding carboxylic acids is 2. The molecule has 3 aromatic rings. The molecular formula is C22H26N8O2. The van der Waals surface area contributed by atoms with Gasteiger partial charge in [-0.3, -0.25) is 14.5 Å². The summed E-state index contributed by atoms with van der Waals surface area (Å²) >= 11 is 0. The van der Waals surface area contributed by atoms with Crippen LogP contribution in [-0.4, -0.2) is 76.2 Å². The van der Waals surface area contributed by atoms with Gasteiger partial charge in [-0.2, -0.15) is 4.68 Å². The van der Waals surface area contributed by atoms with Crippen molar-refractivity contribution in [1.29, 1.82) is 0 Å². The maximum atomic E-state index is 13.1. The zero-order valence-corrected chi connectivity index (χ0v) is 17.7. The molecule has 32 heavy (non-hydrogen) atoms. The van der Waals surface area contributed by atoms with E-state index in [4.69, 9.17) is 5.73 Å². The Morgan fingerprint density at radius 3 is 2.25 bits per heavy atom. The van der Waals surface area contributed by atoms with E-state index in [-0.39, 0.29) is 25.4 Å². The lowest BCUT2D eigenvalue weighted by Gasteiger charge is -2.35. The van der Waals surface area contributed by atoms with E-state index < -0.39 is 5.91 Å². The van der Waals surface area contributed by atoms with E-state index in [0.717, 1.165) is 11.4 Å². The van der Waals surface area contributed by atoms with Crippen LogP contribution in [0.5, 0.6) is 0 Å². The summed E-state index contributed by atoms with van der Waals surface area (Å²) in [5, 5.41) is 12.2. The Morgan fingerprint density at radius 1 is 0.938 bits per heavy atom. The minimum atomic E-state index is -0.427. The monoisotopic (exact) mass is 434 g/mol. The zero-order chi connectivity index (χ0) is 22.3.